The molecular formula is C49H31N5S. The number of pyridine rings is 3. The molecule has 5 aromatic heterocycles. The number of benzene rings is 5. The molecule has 5 aromatic carbocycles. The molecule has 0 N–H and O–H groups in total. The van der Waals surface area contributed by atoms with Gasteiger partial charge in [0.1, 0.15) is 0 Å². The lowest BCUT2D eigenvalue weighted by Crippen LogP contribution is -1.95. The van der Waals surface area contributed by atoms with Gasteiger partial charge in [-0.05, 0) is 53.6 Å². The Bertz CT molecular complexity index is 2890. The number of nitrogens with zero attached hydrogens (tertiary/aromatic N) is 5. The summed E-state index contributed by atoms with van der Waals surface area (Å²) in [6.45, 7) is 0. The molecular weight excluding hydrogens is 691 g/mol. The first kappa shape index (κ1) is 32.5. The highest BCUT2D eigenvalue weighted by molar-refractivity contribution is 7.24. The zero-order valence-corrected chi connectivity index (χ0v) is 30.4. The van der Waals surface area contributed by atoms with E-state index in [-0.39, 0.29) is 0 Å². The van der Waals surface area contributed by atoms with Crippen molar-refractivity contribution in [2.45, 2.75) is 0 Å². The summed E-state index contributed by atoms with van der Waals surface area (Å²) >= 11 is 1.76. The van der Waals surface area contributed by atoms with Gasteiger partial charge in [0.25, 0.3) is 0 Å². The first-order valence-corrected chi connectivity index (χ1v) is 19.0. The van der Waals surface area contributed by atoms with Crippen LogP contribution in [0.25, 0.3) is 99.1 Å². The number of thiophene rings is 1. The van der Waals surface area contributed by atoms with Crippen LogP contribution < -0.4 is 0 Å². The van der Waals surface area contributed by atoms with E-state index < -0.39 is 0 Å². The minimum absolute atomic E-state index is 0.702. The summed E-state index contributed by atoms with van der Waals surface area (Å²) in [6, 6.07) is 60.4. The molecule has 0 unspecified atom stereocenters. The zero-order chi connectivity index (χ0) is 36.6. The molecule has 55 heavy (non-hydrogen) atoms. The van der Waals surface area contributed by atoms with E-state index in [4.69, 9.17) is 24.9 Å². The standard InChI is InChI=1S/C49H31N5S/c1-3-14-33(15-4-1)42-31-43(54-49(53-42)35-16-5-2-6-17-35)34-26-24-32(25-27-34)36-18-13-19-37(30-36)46-45-44(40-22-9-11-28-50-40)48(41-23-10-12-29-51-41)55-47(45)38-20-7-8-21-39(38)52-46/h1-31H. The molecule has 0 atom stereocenters. The van der Waals surface area contributed by atoms with Crippen LogP contribution in [0, 0.1) is 0 Å². The number of hydrogen-bond acceptors (Lipinski definition) is 6. The van der Waals surface area contributed by atoms with Crippen molar-refractivity contribution in [2.75, 3.05) is 0 Å². The average molecular weight is 722 g/mol. The lowest BCUT2D eigenvalue weighted by molar-refractivity contribution is 1.18. The average Bonchev–Trinajstić information content (AvgIpc) is 3.69. The molecule has 10 rings (SSSR count). The van der Waals surface area contributed by atoms with Crippen LogP contribution in [-0.2, 0) is 0 Å². The topological polar surface area (TPSA) is 64.5 Å². The Labute approximate surface area is 322 Å². The van der Waals surface area contributed by atoms with Crippen LogP contribution in [-0.4, -0.2) is 24.9 Å². The molecule has 6 heteroatoms. The maximum atomic E-state index is 5.37. The predicted octanol–water partition coefficient (Wildman–Crippen LogP) is 12.7. The molecule has 258 valence electrons. The van der Waals surface area contributed by atoms with Gasteiger partial charge in [-0.15, -0.1) is 11.3 Å². The summed E-state index contributed by atoms with van der Waals surface area (Å²) < 4.78 is 1.17. The van der Waals surface area contributed by atoms with Crippen LogP contribution in [0.4, 0.5) is 0 Å². The number of hydrogen-bond donors (Lipinski definition) is 0. The van der Waals surface area contributed by atoms with Crippen LogP contribution >= 0.6 is 11.3 Å². The van der Waals surface area contributed by atoms with Crippen molar-refractivity contribution in [1.29, 1.82) is 0 Å². The second-order valence-electron chi connectivity index (χ2n) is 13.3. The Morgan fingerprint density at radius 1 is 0.382 bits per heavy atom. The lowest BCUT2D eigenvalue weighted by atomic mass is 9.95. The third-order valence-electron chi connectivity index (χ3n) is 9.82. The molecule has 0 saturated carbocycles. The first-order chi connectivity index (χ1) is 27.3. The van der Waals surface area contributed by atoms with Crippen molar-refractivity contribution in [3.05, 3.63) is 188 Å². The van der Waals surface area contributed by atoms with Gasteiger partial charge in [0, 0.05) is 55.7 Å². The molecule has 0 amide bonds. The quantitative estimate of drug-likeness (QED) is 0.164. The summed E-state index contributed by atoms with van der Waals surface area (Å²) in [4.78, 5) is 26.1. The van der Waals surface area contributed by atoms with Gasteiger partial charge in [-0.2, -0.15) is 0 Å². The van der Waals surface area contributed by atoms with E-state index >= 15 is 0 Å². The van der Waals surface area contributed by atoms with Gasteiger partial charge in [0.15, 0.2) is 5.82 Å². The monoisotopic (exact) mass is 721 g/mol. The maximum Gasteiger partial charge on any atom is 0.160 e. The fraction of sp³-hybridized carbons (Fsp3) is 0. The molecule has 0 aliphatic heterocycles. The molecule has 0 aliphatic rings. The summed E-state index contributed by atoms with van der Waals surface area (Å²) in [7, 11) is 0. The van der Waals surface area contributed by atoms with Crippen molar-refractivity contribution in [3.8, 4) is 78.1 Å². The fourth-order valence-corrected chi connectivity index (χ4v) is 8.50. The SMILES string of the molecule is c1ccc(-c2cc(-c3ccc(-c4cccc(-c5nc6ccccc6c6sc(-c7ccccn7)c(-c7ccccn7)c56)c4)cc3)nc(-c3ccccc3)n2)cc1. The normalized spacial score (nSPS) is 11.3. The minimum atomic E-state index is 0.702. The Balaban J connectivity index is 1.10. The molecule has 0 radical (unpaired) electrons. The van der Waals surface area contributed by atoms with Gasteiger partial charge in [0.2, 0.25) is 0 Å². The van der Waals surface area contributed by atoms with Crippen molar-refractivity contribution in [2.24, 2.45) is 0 Å². The molecule has 5 nitrogen and oxygen atoms in total. The number of fused-ring (bicyclic) bond motifs is 3. The Morgan fingerprint density at radius 3 is 1.67 bits per heavy atom. The molecule has 0 aliphatic carbocycles. The third kappa shape index (κ3) is 6.14. The van der Waals surface area contributed by atoms with E-state index in [1.807, 2.05) is 73.1 Å². The second-order valence-corrected chi connectivity index (χ2v) is 14.3. The van der Waals surface area contributed by atoms with Gasteiger partial charge in [-0.3, -0.25) is 9.97 Å². The van der Waals surface area contributed by atoms with E-state index in [9.17, 15) is 0 Å². The minimum Gasteiger partial charge on any atom is -0.256 e. The van der Waals surface area contributed by atoms with Crippen LogP contribution in [0.5, 0.6) is 0 Å². The lowest BCUT2D eigenvalue weighted by Gasteiger charge is -2.12. The van der Waals surface area contributed by atoms with Crippen LogP contribution in [0.15, 0.2) is 188 Å². The smallest absolute Gasteiger partial charge is 0.160 e. The maximum absolute atomic E-state index is 5.37. The molecule has 0 bridgehead atoms. The van der Waals surface area contributed by atoms with E-state index in [0.717, 1.165) is 88.6 Å². The highest BCUT2D eigenvalue weighted by Gasteiger charge is 2.24. The van der Waals surface area contributed by atoms with Gasteiger partial charge in [0.05, 0.1) is 38.9 Å². The highest BCUT2D eigenvalue weighted by atomic mass is 32.1. The highest BCUT2D eigenvalue weighted by Crippen LogP contribution is 2.49. The van der Waals surface area contributed by atoms with Crippen molar-refractivity contribution < 1.29 is 0 Å². The number of rotatable bonds is 7. The Morgan fingerprint density at radius 2 is 0.964 bits per heavy atom. The van der Waals surface area contributed by atoms with Crippen LogP contribution in [0.1, 0.15) is 0 Å². The van der Waals surface area contributed by atoms with Crippen LogP contribution in [0.2, 0.25) is 0 Å². The van der Waals surface area contributed by atoms with E-state index in [1.54, 1.807) is 11.3 Å². The second kappa shape index (κ2) is 14.0. The third-order valence-corrected chi connectivity index (χ3v) is 11.1. The van der Waals surface area contributed by atoms with Gasteiger partial charge in [-0.25, -0.2) is 15.0 Å². The zero-order valence-electron chi connectivity index (χ0n) is 29.5. The van der Waals surface area contributed by atoms with Crippen molar-refractivity contribution in [3.63, 3.8) is 0 Å². The van der Waals surface area contributed by atoms with Gasteiger partial charge >= 0.3 is 0 Å². The van der Waals surface area contributed by atoms with Crippen molar-refractivity contribution in [1.82, 2.24) is 24.9 Å². The Kier molecular flexibility index (Phi) is 8.28. The Hall–Kier alpha value is -7.15. The number of para-hydroxylation sites is 1. The summed E-state index contributed by atoms with van der Waals surface area (Å²) in [6.07, 6.45) is 3.70. The molecule has 5 heterocycles. The first-order valence-electron chi connectivity index (χ1n) is 18.2. The van der Waals surface area contributed by atoms with E-state index in [1.165, 1.54) is 4.70 Å². The largest absolute Gasteiger partial charge is 0.256 e. The molecule has 0 spiro atoms. The van der Waals surface area contributed by atoms with Crippen LogP contribution in [0.3, 0.4) is 0 Å². The fourth-order valence-electron chi connectivity index (χ4n) is 7.18. The van der Waals surface area contributed by atoms with E-state index in [2.05, 4.69) is 115 Å². The number of aromatic nitrogens is 5. The van der Waals surface area contributed by atoms with Crippen molar-refractivity contribution >= 4 is 32.3 Å². The van der Waals surface area contributed by atoms with Gasteiger partial charge < -0.3 is 0 Å². The molecule has 0 saturated heterocycles. The predicted molar refractivity (Wildman–Crippen MR) is 226 cm³/mol. The van der Waals surface area contributed by atoms with E-state index in [0.29, 0.717) is 5.82 Å². The summed E-state index contributed by atoms with van der Waals surface area (Å²) in [5.41, 5.74) is 12.8. The molecule has 10 aromatic rings. The van der Waals surface area contributed by atoms with Gasteiger partial charge in [-0.1, -0.05) is 133 Å². The molecule has 0 fully saturated rings. The summed E-state index contributed by atoms with van der Waals surface area (Å²) in [5.74, 6) is 0.702. The summed E-state index contributed by atoms with van der Waals surface area (Å²) in [5, 5.41) is 2.20.